The fourth-order valence-corrected chi connectivity index (χ4v) is 3.23. The van der Waals surface area contributed by atoms with Gasteiger partial charge in [-0.05, 0) is 42.8 Å². The summed E-state index contributed by atoms with van der Waals surface area (Å²) < 4.78 is 5.51. The summed E-state index contributed by atoms with van der Waals surface area (Å²) in [5, 5.41) is 0. The Hall–Kier alpha value is -3.11. The van der Waals surface area contributed by atoms with E-state index in [9.17, 15) is 4.79 Å². The Morgan fingerprint density at radius 1 is 1.00 bits per heavy atom. The summed E-state index contributed by atoms with van der Waals surface area (Å²) in [4.78, 5) is 17.5. The molecular formula is C24H26N2O2. The molecule has 0 aromatic heterocycles. The van der Waals surface area contributed by atoms with Crippen molar-refractivity contribution in [1.29, 1.82) is 0 Å². The minimum atomic E-state index is -0.0709. The smallest absolute Gasteiger partial charge is 0.262 e. The maximum atomic E-state index is 13.5. The van der Waals surface area contributed by atoms with Crippen LogP contribution >= 0.6 is 0 Å². The van der Waals surface area contributed by atoms with Gasteiger partial charge in [-0.2, -0.15) is 0 Å². The van der Waals surface area contributed by atoms with Gasteiger partial charge in [0.25, 0.3) is 5.91 Å². The van der Waals surface area contributed by atoms with E-state index in [0.717, 1.165) is 30.0 Å². The topological polar surface area (TPSA) is 32.8 Å². The van der Waals surface area contributed by atoms with E-state index in [-0.39, 0.29) is 5.91 Å². The molecule has 4 heteroatoms. The molecule has 2 aromatic rings. The van der Waals surface area contributed by atoms with Gasteiger partial charge in [0, 0.05) is 31.1 Å². The first kappa shape index (κ1) is 19.6. The third kappa shape index (κ3) is 4.41. The van der Waals surface area contributed by atoms with Crippen molar-refractivity contribution < 1.29 is 9.53 Å². The van der Waals surface area contributed by atoms with Crippen LogP contribution in [0.3, 0.4) is 0 Å². The quantitative estimate of drug-likeness (QED) is 0.685. The molecule has 2 aromatic carbocycles. The summed E-state index contributed by atoms with van der Waals surface area (Å²) in [6.07, 6.45) is 8.97. The van der Waals surface area contributed by atoms with Gasteiger partial charge in [-0.15, -0.1) is 0 Å². The molecule has 1 heterocycles. The van der Waals surface area contributed by atoms with E-state index in [1.807, 2.05) is 85.1 Å². The molecule has 0 atom stereocenters. The molecule has 1 aliphatic heterocycles. The molecule has 0 bridgehead atoms. The van der Waals surface area contributed by atoms with Crippen molar-refractivity contribution in [3.05, 3.63) is 102 Å². The van der Waals surface area contributed by atoms with Gasteiger partial charge in [-0.25, -0.2) is 0 Å². The molecule has 28 heavy (non-hydrogen) atoms. The molecule has 0 spiro atoms. The summed E-state index contributed by atoms with van der Waals surface area (Å²) in [7, 11) is 1.68. The number of hydrogen-bond donors (Lipinski definition) is 0. The van der Waals surface area contributed by atoms with Crippen LogP contribution in [-0.4, -0.2) is 31.1 Å². The SMILES string of the molecule is CCCN1C=CC=CC(N(C(=O)c2ccccc2)c2ccccc2)=C1COC. The Balaban J connectivity index is 2.17. The lowest BCUT2D eigenvalue weighted by molar-refractivity contribution is 0.0994. The monoisotopic (exact) mass is 374 g/mol. The lowest BCUT2D eigenvalue weighted by Crippen LogP contribution is -2.34. The summed E-state index contributed by atoms with van der Waals surface area (Å²) in [6, 6.07) is 19.1. The Bertz CT molecular complexity index is 870. The van der Waals surface area contributed by atoms with Crippen LogP contribution in [0.1, 0.15) is 23.7 Å². The lowest BCUT2D eigenvalue weighted by Gasteiger charge is -2.30. The van der Waals surface area contributed by atoms with Crippen molar-refractivity contribution in [2.75, 3.05) is 25.2 Å². The second kappa shape index (κ2) is 9.72. The predicted octanol–water partition coefficient (Wildman–Crippen LogP) is 4.99. The molecule has 0 N–H and O–H groups in total. The van der Waals surface area contributed by atoms with E-state index < -0.39 is 0 Å². The number of benzene rings is 2. The second-order valence-corrected chi connectivity index (χ2v) is 6.50. The van der Waals surface area contributed by atoms with E-state index in [0.29, 0.717) is 12.2 Å². The van der Waals surface area contributed by atoms with E-state index >= 15 is 0 Å². The standard InChI is InChI=1S/C24H26N2O2/c1-3-17-25-18-11-10-16-22(23(25)19-28-2)26(21-14-8-5-9-15-21)24(27)20-12-6-4-7-13-20/h4-16,18H,3,17,19H2,1-2H3. The first-order valence-electron chi connectivity index (χ1n) is 9.54. The highest BCUT2D eigenvalue weighted by atomic mass is 16.5. The minimum absolute atomic E-state index is 0.0709. The van der Waals surface area contributed by atoms with Gasteiger partial charge >= 0.3 is 0 Å². The third-order valence-corrected chi connectivity index (χ3v) is 4.50. The second-order valence-electron chi connectivity index (χ2n) is 6.50. The molecule has 0 aliphatic carbocycles. The van der Waals surface area contributed by atoms with Crippen LogP contribution in [0.25, 0.3) is 0 Å². The van der Waals surface area contributed by atoms with E-state index in [1.54, 1.807) is 12.0 Å². The van der Waals surface area contributed by atoms with Crippen LogP contribution in [0, 0.1) is 0 Å². The highest BCUT2D eigenvalue weighted by Crippen LogP contribution is 2.28. The average Bonchev–Trinajstić information content (AvgIpc) is 2.93. The van der Waals surface area contributed by atoms with Crippen LogP contribution < -0.4 is 4.90 Å². The summed E-state index contributed by atoms with van der Waals surface area (Å²) in [5.74, 6) is -0.0709. The van der Waals surface area contributed by atoms with Gasteiger partial charge in [0.1, 0.15) is 0 Å². The molecule has 3 rings (SSSR count). The van der Waals surface area contributed by atoms with Crippen molar-refractivity contribution >= 4 is 11.6 Å². The lowest BCUT2D eigenvalue weighted by atomic mass is 10.1. The van der Waals surface area contributed by atoms with Crippen molar-refractivity contribution in [3.8, 4) is 0 Å². The zero-order valence-electron chi connectivity index (χ0n) is 16.4. The van der Waals surface area contributed by atoms with Crippen LogP contribution in [0.15, 0.2) is 96.5 Å². The molecule has 0 saturated carbocycles. The number of methoxy groups -OCH3 is 1. The average molecular weight is 374 g/mol. The predicted molar refractivity (Wildman–Crippen MR) is 114 cm³/mol. The first-order valence-corrected chi connectivity index (χ1v) is 9.54. The maximum Gasteiger partial charge on any atom is 0.262 e. The normalized spacial score (nSPS) is 13.6. The fourth-order valence-electron chi connectivity index (χ4n) is 3.23. The summed E-state index contributed by atoms with van der Waals surface area (Å²) >= 11 is 0. The van der Waals surface area contributed by atoms with E-state index in [2.05, 4.69) is 11.8 Å². The molecular weight excluding hydrogens is 348 g/mol. The van der Waals surface area contributed by atoms with Crippen molar-refractivity contribution in [1.82, 2.24) is 4.90 Å². The molecule has 4 nitrogen and oxygen atoms in total. The van der Waals surface area contributed by atoms with Gasteiger partial charge in [-0.3, -0.25) is 9.69 Å². The van der Waals surface area contributed by atoms with Gasteiger partial charge < -0.3 is 9.64 Å². The van der Waals surface area contributed by atoms with Gasteiger partial charge in [0.15, 0.2) is 0 Å². The number of anilines is 1. The number of allylic oxidation sites excluding steroid dienone is 3. The highest BCUT2D eigenvalue weighted by Gasteiger charge is 2.25. The van der Waals surface area contributed by atoms with Crippen LogP contribution in [0.2, 0.25) is 0 Å². The number of carbonyl (C=O) groups excluding carboxylic acids is 1. The number of nitrogens with zero attached hydrogens (tertiary/aromatic N) is 2. The van der Waals surface area contributed by atoms with Crippen molar-refractivity contribution in [2.24, 2.45) is 0 Å². The molecule has 0 unspecified atom stereocenters. The molecule has 0 fully saturated rings. The summed E-state index contributed by atoms with van der Waals surface area (Å²) in [6.45, 7) is 3.40. The highest BCUT2D eigenvalue weighted by molar-refractivity contribution is 6.08. The molecule has 1 aliphatic rings. The number of hydrogen-bond acceptors (Lipinski definition) is 3. The Kier molecular flexibility index (Phi) is 6.82. The van der Waals surface area contributed by atoms with E-state index in [4.69, 9.17) is 4.74 Å². The molecule has 1 amide bonds. The zero-order valence-corrected chi connectivity index (χ0v) is 16.4. The number of amides is 1. The van der Waals surface area contributed by atoms with Crippen LogP contribution in [-0.2, 0) is 4.74 Å². The largest absolute Gasteiger partial charge is 0.378 e. The molecule has 0 radical (unpaired) electrons. The van der Waals surface area contributed by atoms with Gasteiger partial charge in [0.2, 0.25) is 0 Å². The van der Waals surface area contributed by atoms with Crippen molar-refractivity contribution in [3.63, 3.8) is 0 Å². The number of carbonyl (C=O) groups is 1. The maximum absolute atomic E-state index is 13.5. The Labute approximate surface area is 167 Å². The number of para-hydroxylation sites is 1. The first-order chi connectivity index (χ1) is 13.8. The zero-order chi connectivity index (χ0) is 19.8. The van der Waals surface area contributed by atoms with Crippen LogP contribution in [0.5, 0.6) is 0 Å². The third-order valence-electron chi connectivity index (χ3n) is 4.50. The number of ether oxygens (including phenoxy) is 1. The van der Waals surface area contributed by atoms with Crippen molar-refractivity contribution in [2.45, 2.75) is 13.3 Å². The Morgan fingerprint density at radius 3 is 2.32 bits per heavy atom. The minimum Gasteiger partial charge on any atom is -0.378 e. The van der Waals surface area contributed by atoms with E-state index in [1.165, 1.54) is 0 Å². The van der Waals surface area contributed by atoms with Gasteiger partial charge in [-0.1, -0.05) is 49.4 Å². The fraction of sp³-hybridized carbons (Fsp3) is 0.208. The summed E-state index contributed by atoms with van der Waals surface area (Å²) in [5.41, 5.74) is 3.24. The number of rotatable bonds is 7. The van der Waals surface area contributed by atoms with Gasteiger partial charge in [0.05, 0.1) is 18.0 Å². The Morgan fingerprint density at radius 2 is 1.68 bits per heavy atom. The molecule has 0 saturated heterocycles. The molecule has 144 valence electrons. The van der Waals surface area contributed by atoms with Crippen LogP contribution in [0.4, 0.5) is 5.69 Å².